The Balaban J connectivity index is 2.44. The zero-order valence-corrected chi connectivity index (χ0v) is 14.6. The van der Waals surface area contributed by atoms with Crippen molar-refractivity contribution < 1.29 is 4.74 Å². The molecule has 2 aromatic rings. The van der Waals surface area contributed by atoms with Gasteiger partial charge in [0.25, 0.3) is 0 Å². The van der Waals surface area contributed by atoms with Gasteiger partial charge in [0.05, 0.1) is 5.56 Å². The maximum atomic E-state index is 5.93. The van der Waals surface area contributed by atoms with E-state index in [2.05, 4.69) is 52.0 Å². The molecule has 0 amide bonds. The number of rotatable bonds is 3. The van der Waals surface area contributed by atoms with Crippen molar-refractivity contribution in [2.45, 2.75) is 33.1 Å². The molecule has 0 aliphatic heterocycles. The second-order valence-electron chi connectivity index (χ2n) is 5.88. The van der Waals surface area contributed by atoms with E-state index in [0.29, 0.717) is 5.88 Å². The Kier molecular flexibility index (Phi) is 4.52. The van der Waals surface area contributed by atoms with E-state index in [-0.39, 0.29) is 5.41 Å². The minimum Gasteiger partial charge on any atom is -0.439 e. The summed E-state index contributed by atoms with van der Waals surface area (Å²) in [7, 11) is 1.85. The third-order valence-corrected chi connectivity index (χ3v) is 3.57. The van der Waals surface area contributed by atoms with Crippen LogP contribution < -0.4 is 10.1 Å². The number of hydrogen-bond donors (Lipinski definition) is 1. The Morgan fingerprint density at radius 1 is 1.10 bits per heavy atom. The molecule has 1 N–H and O–H groups in total. The predicted molar refractivity (Wildman–Crippen MR) is 89.2 cm³/mol. The highest BCUT2D eigenvalue weighted by Gasteiger charge is 2.21. The average molecular weight is 350 g/mol. The van der Waals surface area contributed by atoms with E-state index in [4.69, 9.17) is 4.74 Å². The maximum absolute atomic E-state index is 5.93. The summed E-state index contributed by atoms with van der Waals surface area (Å²) in [6.45, 7) is 8.20. The summed E-state index contributed by atoms with van der Waals surface area (Å²) in [6.07, 6.45) is 0. The molecule has 1 aromatic heterocycles. The molecule has 21 heavy (non-hydrogen) atoms. The molecule has 1 heterocycles. The highest BCUT2D eigenvalue weighted by Crippen LogP contribution is 2.30. The molecule has 0 saturated heterocycles. The Bertz CT molecular complexity index is 633. The van der Waals surface area contributed by atoms with Gasteiger partial charge in [-0.25, -0.2) is 4.98 Å². The van der Waals surface area contributed by atoms with Gasteiger partial charge in [-0.1, -0.05) is 36.7 Å². The van der Waals surface area contributed by atoms with Crippen LogP contribution in [-0.2, 0) is 5.41 Å². The molecular formula is C16H20BrN3O. The van der Waals surface area contributed by atoms with E-state index in [0.717, 1.165) is 27.4 Å². The molecule has 0 spiro atoms. The Morgan fingerprint density at radius 3 is 2.24 bits per heavy atom. The van der Waals surface area contributed by atoms with Gasteiger partial charge in [0, 0.05) is 16.9 Å². The van der Waals surface area contributed by atoms with E-state index in [1.165, 1.54) is 0 Å². The van der Waals surface area contributed by atoms with Crippen LogP contribution in [0.2, 0.25) is 0 Å². The number of ether oxygens (including phenoxy) is 1. The zero-order valence-electron chi connectivity index (χ0n) is 13.0. The van der Waals surface area contributed by atoms with E-state index in [1.807, 2.05) is 38.2 Å². The summed E-state index contributed by atoms with van der Waals surface area (Å²) in [5, 5.41) is 3.10. The van der Waals surface area contributed by atoms with Gasteiger partial charge in [0.2, 0.25) is 5.88 Å². The fourth-order valence-electron chi connectivity index (χ4n) is 1.79. The molecule has 5 heteroatoms. The lowest BCUT2D eigenvalue weighted by Crippen LogP contribution is -2.18. The van der Waals surface area contributed by atoms with E-state index < -0.39 is 0 Å². The van der Waals surface area contributed by atoms with Crippen LogP contribution in [0.5, 0.6) is 11.6 Å². The first-order valence-corrected chi connectivity index (χ1v) is 7.61. The Morgan fingerprint density at radius 2 is 1.71 bits per heavy atom. The minimum atomic E-state index is -0.142. The van der Waals surface area contributed by atoms with Gasteiger partial charge < -0.3 is 10.1 Å². The van der Waals surface area contributed by atoms with Crippen molar-refractivity contribution >= 4 is 21.7 Å². The van der Waals surface area contributed by atoms with Crippen molar-refractivity contribution in [3.05, 3.63) is 40.1 Å². The van der Waals surface area contributed by atoms with Crippen molar-refractivity contribution in [2.24, 2.45) is 0 Å². The predicted octanol–water partition coefficient (Wildman–Crippen LogP) is 4.68. The summed E-state index contributed by atoms with van der Waals surface area (Å²) < 4.78 is 6.94. The molecule has 112 valence electrons. The second kappa shape index (κ2) is 6.02. The number of benzene rings is 1. The Labute approximate surface area is 134 Å². The number of nitrogens with one attached hydrogen (secondary N) is 1. The van der Waals surface area contributed by atoms with Crippen LogP contribution in [0.25, 0.3) is 0 Å². The first-order valence-electron chi connectivity index (χ1n) is 6.81. The smallest absolute Gasteiger partial charge is 0.227 e. The van der Waals surface area contributed by atoms with E-state index in [9.17, 15) is 0 Å². The lowest BCUT2D eigenvalue weighted by atomic mass is 9.95. The van der Waals surface area contributed by atoms with Crippen LogP contribution in [0.3, 0.4) is 0 Å². The van der Waals surface area contributed by atoms with E-state index >= 15 is 0 Å². The van der Waals surface area contributed by atoms with Gasteiger partial charge in [0.15, 0.2) is 0 Å². The highest BCUT2D eigenvalue weighted by atomic mass is 79.9. The molecule has 0 saturated carbocycles. The van der Waals surface area contributed by atoms with Crippen LogP contribution >= 0.6 is 15.9 Å². The number of nitrogens with zero attached hydrogens (tertiary/aromatic N) is 2. The fraction of sp³-hybridized carbons (Fsp3) is 0.375. The molecule has 0 aliphatic carbocycles. The largest absolute Gasteiger partial charge is 0.439 e. The van der Waals surface area contributed by atoms with Gasteiger partial charge in [-0.2, -0.15) is 4.98 Å². The van der Waals surface area contributed by atoms with Crippen molar-refractivity contribution in [1.82, 2.24) is 9.97 Å². The van der Waals surface area contributed by atoms with Crippen LogP contribution in [0.15, 0.2) is 28.7 Å². The fourth-order valence-corrected chi connectivity index (χ4v) is 2.05. The second-order valence-corrected chi connectivity index (χ2v) is 6.80. The number of aromatic nitrogens is 2. The lowest BCUT2D eigenvalue weighted by Gasteiger charge is -2.20. The summed E-state index contributed by atoms with van der Waals surface area (Å²) in [5.74, 6) is 2.88. The molecule has 0 bridgehead atoms. The first-order chi connectivity index (χ1) is 9.81. The molecule has 0 radical (unpaired) electrons. The zero-order chi connectivity index (χ0) is 15.6. The van der Waals surface area contributed by atoms with Gasteiger partial charge in [-0.05, 0) is 31.2 Å². The number of anilines is 1. The van der Waals surface area contributed by atoms with Gasteiger partial charge >= 0.3 is 0 Å². The lowest BCUT2D eigenvalue weighted by molar-refractivity contribution is 0.442. The van der Waals surface area contributed by atoms with E-state index in [1.54, 1.807) is 0 Å². The molecule has 1 aromatic carbocycles. The summed E-state index contributed by atoms with van der Waals surface area (Å²) in [6, 6.07) is 7.69. The van der Waals surface area contributed by atoms with Crippen molar-refractivity contribution in [2.75, 3.05) is 12.4 Å². The normalized spacial score (nSPS) is 11.3. The minimum absolute atomic E-state index is 0.142. The average Bonchev–Trinajstić information content (AvgIpc) is 2.42. The summed E-state index contributed by atoms with van der Waals surface area (Å²) >= 11 is 3.41. The van der Waals surface area contributed by atoms with Crippen LogP contribution in [-0.4, -0.2) is 17.0 Å². The molecule has 0 aliphatic rings. The topological polar surface area (TPSA) is 47.0 Å². The summed E-state index contributed by atoms with van der Waals surface area (Å²) in [5.41, 5.74) is 0.755. The molecule has 0 fully saturated rings. The molecule has 0 unspecified atom stereocenters. The number of hydrogen-bond acceptors (Lipinski definition) is 4. The molecule has 4 nitrogen and oxygen atoms in total. The molecular weight excluding hydrogens is 330 g/mol. The third-order valence-electron chi connectivity index (χ3n) is 3.04. The van der Waals surface area contributed by atoms with Crippen molar-refractivity contribution in [3.8, 4) is 11.6 Å². The maximum Gasteiger partial charge on any atom is 0.227 e. The first kappa shape index (κ1) is 15.8. The van der Waals surface area contributed by atoms with Crippen LogP contribution in [0.4, 0.5) is 5.82 Å². The number of halogens is 1. The van der Waals surface area contributed by atoms with Gasteiger partial charge in [-0.3, -0.25) is 0 Å². The highest BCUT2D eigenvalue weighted by molar-refractivity contribution is 9.10. The van der Waals surface area contributed by atoms with Crippen molar-refractivity contribution in [3.63, 3.8) is 0 Å². The summed E-state index contributed by atoms with van der Waals surface area (Å²) in [4.78, 5) is 9.15. The van der Waals surface area contributed by atoms with Gasteiger partial charge in [0.1, 0.15) is 17.4 Å². The third kappa shape index (κ3) is 3.73. The standard InChI is InChI=1S/C16H20BrN3O/c1-10-13(18-5)19-15(16(2,3)4)20-14(10)21-12-8-6-11(17)7-9-12/h6-9H,1-5H3,(H,18,19,20). The molecule has 2 rings (SSSR count). The molecule has 0 atom stereocenters. The van der Waals surface area contributed by atoms with Crippen molar-refractivity contribution in [1.29, 1.82) is 0 Å². The SMILES string of the molecule is CNc1nc(C(C)(C)C)nc(Oc2ccc(Br)cc2)c1C. The Hall–Kier alpha value is -1.62. The van der Waals surface area contributed by atoms with Gasteiger partial charge in [-0.15, -0.1) is 0 Å². The van der Waals surface area contributed by atoms with Crippen LogP contribution in [0, 0.1) is 6.92 Å². The monoisotopic (exact) mass is 349 g/mol. The van der Waals surface area contributed by atoms with Crippen LogP contribution in [0.1, 0.15) is 32.2 Å². The quantitative estimate of drug-likeness (QED) is 0.873.